The zero-order chi connectivity index (χ0) is 5.70. The first-order valence-corrected chi connectivity index (χ1v) is 2.65. The minimum absolute atomic E-state index is 0. The highest BCUT2D eigenvalue weighted by Crippen LogP contribution is 1.76. The molecule has 8 heavy (non-hydrogen) atoms. The fourth-order valence-electron chi connectivity index (χ4n) is 0.106. The third kappa shape index (κ3) is 9.24. The topological polar surface area (TPSA) is 81.5 Å². The second-order valence-corrected chi connectivity index (χ2v) is 1.46. The molecule has 0 amide bonds. The molecule has 0 aromatic heterocycles. The summed E-state index contributed by atoms with van der Waals surface area (Å²) >= 11 is -2.14. The zero-order valence-electron chi connectivity index (χ0n) is 4.37. The quantitative estimate of drug-likeness (QED) is 0.440. The van der Waals surface area contributed by atoms with Crippen LogP contribution in [0.2, 0.25) is 0 Å². The van der Waals surface area contributed by atoms with Crippen LogP contribution in [0.25, 0.3) is 0 Å². The summed E-state index contributed by atoms with van der Waals surface area (Å²) in [6.07, 6.45) is 1.40. The smallest absolute Gasteiger partial charge is 0.302 e. The maximum absolute atomic E-state index is 9.60. The molecule has 0 spiro atoms. The van der Waals surface area contributed by atoms with Crippen molar-refractivity contribution >= 4 is 11.4 Å². The molecule has 0 saturated carbocycles. The Hall–Kier alpha value is -0.230. The van der Waals surface area contributed by atoms with Gasteiger partial charge in [-0.15, -0.1) is 6.58 Å². The van der Waals surface area contributed by atoms with E-state index in [1.165, 1.54) is 6.08 Å². The van der Waals surface area contributed by atoms with Crippen LogP contribution in [0.5, 0.6) is 0 Å². The third-order valence-corrected chi connectivity index (χ3v) is 0.624. The summed E-state index contributed by atoms with van der Waals surface area (Å²) < 4.78 is 21.6. The first kappa shape index (κ1) is 10.7. The van der Waals surface area contributed by atoms with Crippen LogP contribution in [0.15, 0.2) is 12.7 Å². The van der Waals surface area contributed by atoms with E-state index >= 15 is 0 Å². The molecule has 4 nitrogen and oxygen atoms in total. The van der Waals surface area contributed by atoms with Crippen LogP contribution < -0.4 is 6.15 Å². The lowest BCUT2D eigenvalue weighted by atomic mass is 10.7. The summed E-state index contributed by atoms with van der Waals surface area (Å²) in [5.74, 6) is 0. The monoisotopic (exact) mass is 139 g/mol. The molecule has 0 rings (SSSR count). The van der Waals surface area contributed by atoms with Gasteiger partial charge in [0.25, 0.3) is 0 Å². The lowest BCUT2D eigenvalue weighted by Crippen LogP contribution is -1.92. The largest absolute Gasteiger partial charge is 0.344 e. The van der Waals surface area contributed by atoms with Crippen molar-refractivity contribution < 1.29 is 12.9 Å². The Morgan fingerprint density at radius 3 is 2.50 bits per heavy atom. The normalized spacial score (nSPS) is 11.6. The van der Waals surface area contributed by atoms with Crippen LogP contribution in [0.1, 0.15) is 0 Å². The molecule has 5 heteroatoms. The van der Waals surface area contributed by atoms with Gasteiger partial charge in [-0.2, -0.15) is 4.21 Å². The van der Waals surface area contributed by atoms with Crippen molar-refractivity contribution in [2.75, 3.05) is 6.61 Å². The van der Waals surface area contributed by atoms with E-state index < -0.39 is 11.4 Å². The maximum Gasteiger partial charge on any atom is 0.302 e. The van der Waals surface area contributed by atoms with Gasteiger partial charge in [-0.3, -0.25) is 8.74 Å². The van der Waals surface area contributed by atoms with E-state index in [1.807, 2.05) is 0 Å². The van der Waals surface area contributed by atoms with Crippen LogP contribution in [-0.2, 0) is 15.5 Å². The Balaban J connectivity index is 0. The van der Waals surface area contributed by atoms with Crippen molar-refractivity contribution in [3.8, 4) is 0 Å². The molecule has 50 valence electrons. The van der Waals surface area contributed by atoms with Crippen LogP contribution in [0, 0.1) is 0 Å². The van der Waals surface area contributed by atoms with Crippen molar-refractivity contribution in [3.05, 3.63) is 12.7 Å². The summed E-state index contributed by atoms with van der Waals surface area (Å²) in [5, 5.41) is 0. The molecule has 0 aliphatic carbocycles. The van der Waals surface area contributed by atoms with Gasteiger partial charge in [0.05, 0.1) is 6.61 Å². The van der Waals surface area contributed by atoms with Gasteiger partial charge in [0.15, 0.2) is 0 Å². The third-order valence-electron chi connectivity index (χ3n) is 0.287. The zero-order valence-corrected chi connectivity index (χ0v) is 5.19. The number of hydrogen-bond donors (Lipinski definition) is 2. The Morgan fingerprint density at radius 1 is 1.88 bits per heavy atom. The minimum atomic E-state index is -2.14. The second-order valence-electron chi connectivity index (χ2n) is 0.790. The molecular formula is C3H9NO3S. The highest BCUT2D eigenvalue weighted by Gasteiger charge is 1.84. The molecule has 1 atom stereocenters. The van der Waals surface area contributed by atoms with Gasteiger partial charge in [-0.1, -0.05) is 6.08 Å². The molecule has 0 aromatic rings. The molecule has 0 fully saturated rings. The fourth-order valence-corrected chi connectivity index (χ4v) is 0.319. The second kappa shape index (κ2) is 6.77. The van der Waals surface area contributed by atoms with Crippen LogP contribution in [0.3, 0.4) is 0 Å². The number of rotatable bonds is 3. The Labute approximate surface area is 50.6 Å². The van der Waals surface area contributed by atoms with Crippen LogP contribution in [-0.4, -0.2) is 15.4 Å². The summed E-state index contributed by atoms with van der Waals surface area (Å²) in [4.78, 5) is 0. The molecule has 0 bridgehead atoms. The van der Waals surface area contributed by atoms with E-state index in [0.29, 0.717) is 0 Å². The van der Waals surface area contributed by atoms with E-state index in [1.54, 1.807) is 0 Å². The van der Waals surface area contributed by atoms with Crippen LogP contribution in [0.4, 0.5) is 0 Å². The predicted octanol–water partition coefficient (Wildman–Crippen LogP) is 0.488. The Morgan fingerprint density at radius 2 is 2.38 bits per heavy atom. The molecule has 4 N–H and O–H groups in total. The van der Waals surface area contributed by atoms with Crippen molar-refractivity contribution in [1.82, 2.24) is 6.15 Å². The van der Waals surface area contributed by atoms with E-state index in [9.17, 15) is 4.21 Å². The molecule has 0 saturated heterocycles. The fraction of sp³-hybridized carbons (Fsp3) is 0.333. The Kier molecular flexibility index (Phi) is 9.05. The van der Waals surface area contributed by atoms with Gasteiger partial charge in [0.2, 0.25) is 0 Å². The molecule has 0 aromatic carbocycles. The van der Waals surface area contributed by atoms with Crippen molar-refractivity contribution in [1.29, 1.82) is 0 Å². The molecule has 0 aliphatic rings. The van der Waals surface area contributed by atoms with Crippen LogP contribution >= 0.6 is 0 Å². The number of hydrogen-bond acceptors (Lipinski definition) is 3. The van der Waals surface area contributed by atoms with Crippen molar-refractivity contribution in [3.63, 3.8) is 0 Å². The van der Waals surface area contributed by atoms with Gasteiger partial charge in [-0.25, -0.2) is 0 Å². The first-order valence-electron chi connectivity index (χ1n) is 1.62. The van der Waals surface area contributed by atoms with Gasteiger partial charge in [0, 0.05) is 0 Å². The van der Waals surface area contributed by atoms with E-state index in [-0.39, 0.29) is 12.8 Å². The van der Waals surface area contributed by atoms with Gasteiger partial charge < -0.3 is 6.15 Å². The lowest BCUT2D eigenvalue weighted by molar-refractivity contribution is 0.343. The highest BCUT2D eigenvalue weighted by atomic mass is 32.2. The molecule has 0 heterocycles. The summed E-state index contributed by atoms with van der Waals surface area (Å²) in [5.41, 5.74) is 0. The molecule has 0 radical (unpaired) electrons. The highest BCUT2D eigenvalue weighted by molar-refractivity contribution is 7.74. The Bertz CT molecular complexity index is 84.6. The van der Waals surface area contributed by atoms with Gasteiger partial charge in [0.1, 0.15) is 0 Å². The molecular weight excluding hydrogens is 130 g/mol. The molecule has 0 aliphatic heterocycles. The van der Waals surface area contributed by atoms with Gasteiger partial charge in [-0.05, 0) is 0 Å². The maximum atomic E-state index is 9.60. The summed E-state index contributed by atoms with van der Waals surface area (Å²) in [6.45, 7) is 3.38. The average molecular weight is 139 g/mol. The summed E-state index contributed by atoms with van der Waals surface area (Å²) in [6, 6.07) is 0. The summed E-state index contributed by atoms with van der Waals surface area (Å²) in [7, 11) is 0. The van der Waals surface area contributed by atoms with Crippen molar-refractivity contribution in [2.24, 2.45) is 0 Å². The van der Waals surface area contributed by atoms with E-state index in [0.717, 1.165) is 0 Å². The first-order chi connectivity index (χ1) is 3.27. The minimum Gasteiger partial charge on any atom is -0.344 e. The SMILES string of the molecule is C=CCOS(=O)O.N. The lowest BCUT2D eigenvalue weighted by Gasteiger charge is -1.86. The van der Waals surface area contributed by atoms with E-state index in [4.69, 9.17) is 4.55 Å². The molecule has 1 unspecified atom stereocenters. The van der Waals surface area contributed by atoms with Crippen molar-refractivity contribution in [2.45, 2.75) is 0 Å². The average Bonchev–Trinajstić information content (AvgIpc) is 1.61. The predicted molar refractivity (Wildman–Crippen MR) is 31.9 cm³/mol. The van der Waals surface area contributed by atoms with E-state index in [2.05, 4.69) is 10.8 Å². The standard InChI is InChI=1S/C3H6O3S.H3N/c1-2-3-6-7(4)5;/h2H,1,3H2,(H,4,5);1H3. The van der Waals surface area contributed by atoms with Gasteiger partial charge >= 0.3 is 11.4 Å².